The van der Waals surface area contributed by atoms with Crippen molar-refractivity contribution in [1.82, 2.24) is 0 Å². The van der Waals surface area contributed by atoms with E-state index >= 15 is 0 Å². The van der Waals surface area contributed by atoms with Crippen molar-refractivity contribution in [3.05, 3.63) is 34.1 Å². The second-order valence-corrected chi connectivity index (χ2v) is 5.37. The lowest BCUT2D eigenvalue weighted by Gasteiger charge is -2.36. The van der Waals surface area contributed by atoms with Crippen LogP contribution in [0.2, 0.25) is 0 Å². The van der Waals surface area contributed by atoms with Crippen molar-refractivity contribution in [2.75, 3.05) is 11.9 Å². The highest BCUT2D eigenvalue weighted by Crippen LogP contribution is 2.27. The molecule has 6 heteroatoms. The van der Waals surface area contributed by atoms with E-state index < -0.39 is 16.4 Å². The van der Waals surface area contributed by atoms with Gasteiger partial charge >= 0.3 is 5.69 Å². The zero-order valence-electron chi connectivity index (χ0n) is 11.0. The van der Waals surface area contributed by atoms with Gasteiger partial charge in [0.05, 0.1) is 10.5 Å². The Kier molecular flexibility index (Phi) is 3.71. The van der Waals surface area contributed by atoms with Gasteiger partial charge in [0.25, 0.3) is 0 Å². The third kappa shape index (κ3) is 3.41. The minimum atomic E-state index is -0.818. The van der Waals surface area contributed by atoms with Gasteiger partial charge in [0, 0.05) is 30.5 Å². The average molecular weight is 268 g/mol. The molecule has 1 aliphatic rings. The molecule has 1 N–H and O–H groups in total. The second kappa shape index (κ2) is 5.13. The molecule has 104 valence electrons. The van der Waals surface area contributed by atoms with Gasteiger partial charge in [-0.15, -0.1) is 0 Å². The minimum absolute atomic E-state index is 0.185. The third-order valence-corrected chi connectivity index (χ3v) is 3.21. The van der Waals surface area contributed by atoms with Crippen molar-refractivity contribution in [2.45, 2.75) is 38.3 Å². The molecule has 19 heavy (non-hydrogen) atoms. The van der Waals surface area contributed by atoms with Crippen LogP contribution in [0.5, 0.6) is 0 Å². The Hall–Kier alpha value is -1.69. The van der Waals surface area contributed by atoms with Gasteiger partial charge in [-0.1, -0.05) is 0 Å². The van der Waals surface area contributed by atoms with E-state index in [0.717, 1.165) is 12.8 Å². The highest BCUT2D eigenvalue weighted by atomic mass is 19.1. The van der Waals surface area contributed by atoms with Crippen LogP contribution < -0.4 is 5.32 Å². The standard InChI is InChI=1S/C13H17FN2O3/c1-13(2)8-10(5-6-19-13)15-9-3-4-12(16(17)18)11(14)7-9/h3-4,7,10,15H,5-6,8H2,1-2H3. The van der Waals surface area contributed by atoms with Gasteiger partial charge in [-0.25, -0.2) is 0 Å². The van der Waals surface area contributed by atoms with Crippen molar-refractivity contribution in [1.29, 1.82) is 0 Å². The molecule has 0 saturated carbocycles. The highest BCUT2D eigenvalue weighted by Gasteiger charge is 2.28. The molecular formula is C13H17FN2O3. The predicted octanol–water partition coefficient (Wildman–Crippen LogP) is 3.10. The number of halogens is 1. The van der Waals surface area contributed by atoms with Gasteiger partial charge in [-0.3, -0.25) is 10.1 Å². The Balaban J connectivity index is 2.07. The number of nitrogens with zero attached hydrogens (tertiary/aromatic N) is 1. The fourth-order valence-corrected chi connectivity index (χ4v) is 2.34. The number of hydrogen-bond acceptors (Lipinski definition) is 4. The first-order valence-corrected chi connectivity index (χ1v) is 6.22. The van der Waals surface area contributed by atoms with Crippen molar-refractivity contribution in [3.63, 3.8) is 0 Å². The molecule has 1 aromatic rings. The number of anilines is 1. The van der Waals surface area contributed by atoms with E-state index in [2.05, 4.69) is 5.32 Å². The Morgan fingerprint density at radius 2 is 2.26 bits per heavy atom. The van der Waals surface area contributed by atoms with Crippen LogP contribution in [0.1, 0.15) is 26.7 Å². The fraction of sp³-hybridized carbons (Fsp3) is 0.538. The molecular weight excluding hydrogens is 251 g/mol. The molecule has 1 unspecified atom stereocenters. The van der Waals surface area contributed by atoms with Crippen LogP contribution in [0.15, 0.2) is 18.2 Å². The predicted molar refractivity (Wildman–Crippen MR) is 69.7 cm³/mol. The highest BCUT2D eigenvalue weighted by molar-refractivity contribution is 5.50. The maximum absolute atomic E-state index is 13.5. The average Bonchev–Trinajstić information content (AvgIpc) is 2.27. The summed E-state index contributed by atoms with van der Waals surface area (Å²) in [5, 5.41) is 13.7. The number of nitro groups is 1. The lowest BCUT2D eigenvalue weighted by molar-refractivity contribution is -0.387. The van der Waals surface area contributed by atoms with E-state index in [1.807, 2.05) is 13.8 Å². The molecule has 1 aliphatic heterocycles. The van der Waals surface area contributed by atoms with E-state index in [4.69, 9.17) is 4.74 Å². The molecule has 1 saturated heterocycles. The first-order chi connectivity index (χ1) is 8.87. The molecule has 2 rings (SSSR count). The number of rotatable bonds is 3. The molecule has 1 aromatic carbocycles. The number of benzene rings is 1. The molecule has 0 aromatic heterocycles. The first-order valence-electron chi connectivity index (χ1n) is 6.22. The van der Waals surface area contributed by atoms with Gasteiger partial charge in [0.1, 0.15) is 0 Å². The zero-order chi connectivity index (χ0) is 14.0. The molecule has 0 amide bonds. The quantitative estimate of drug-likeness (QED) is 0.675. The summed E-state index contributed by atoms with van der Waals surface area (Å²) < 4.78 is 19.1. The molecule has 0 spiro atoms. The van der Waals surface area contributed by atoms with E-state index in [1.165, 1.54) is 18.2 Å². The van der Waals surface area contributed by atoms with Crippen LogP contribution in [0.25, 0.3) is 0 Å². The Morgan fingerprint density at radius 1 is 1.53 bits per heavy atom. The molecule has 0 bridgehead atoms. The van der Waals surface area contributed by atoms with Gasteiger partial charge in [0.15, 0.2) is 0 Å². The summed E-state index contributed by atoms with van der Waals surface area (Å²) in [5.41, 5.74) is -0.140. The van der Waals surface area contributed by atoms with Crippen LogP contribution in [0, 0.1) is 15.9 Å². The fourth-order valence-electron chi connectivity index (χ4n) is 2.34. The van der Waals surface area contributed by atoms with Gasteiger partial charge in [0.2, 0.25) is 5.82 Å². The zero-order valence-corrected chi connectivity index (χ0v) is 11.0. The summed E-state index contributed by atoms with van der Waals surface area (Å²) in [5.74, 6) is -0.818. The minimum Gasteiger partial charge on any atom is -0.382 e. The summed E-state index contributed by atoms with van der Waals surface area (Å²) in [6.45, 7) is 4.68. The van der Waals surface area contributed by atoms with Crippen LogP contribution in [0.3, 0.4) is 0 Å². The maximum Gasteiger partial charge on any atom is 0.304 e. The number of ether oxygens (including phenoxy) is 1. The molecule has 0 radical (unpaired) electrons. The molecule has 0 aliphatic carbocycles. The van der Waals surface area contributed by atoms with E-state index in [9.17, 15) is 14.5 Å². The van der Waals surface area contributed by atoms with Gasteiger partial charge < -0.3 is 10.1 Å². The van der Waals surface area contributed by atoms with Crippen LogP contribution >= 0.6 is 0 Å². The SMILES string of the molecule is CC1(C)CC(Nc2ccc([N+](=O)[O-])c(F)c2)CCO1. The first kappa shape index (κ1) is 13.7. The second-order valence-electron chi connectivity index (χ2n) is 5.37. The summed E-state index contributed by atoms with van der Waals surface area (Å²) in [7, 11) is 0. The molecule has 1 atom stereocenters. The van der Waals surface area contributed by atoms with Gasteiger partial charge in [-0.2, -0.15) is 4.39 Å². The summed E-state index contributed by atoms with van der Waals surface area (Å²) in [4.78, 5) is 9.81. The third-order valence-electron chi connectivity index (χ3n) is 3.21. The topological polar surface area (TPSA) is 64.4 Å². The lowest BCUT2D eigenvalue weighted by Crippen LogP contribution is -2.40. The van der Waals surface area contributed by atoms with Crippen molar-refractivity contribution in [3.8, 4) is 0 Å². The van der Waals surface area contributed by atoms with E-state index in [1.54, 1.807) is 0 Å². The maximum atomic E-state index is 13.5. The Bertz CT molecular complexity index is 491. The number of hydrogen-bond donors (Lipinski definition) is 1. The van der Waals surface area contributed by atoms with Crippen molar-refractivity contribution >= 4 is 11.4 Å². The van der Waals surface area contributed by atoms with Crippen LogP contribution in [-0.4, -0.2) is 23.2 Å². The smallest absolute Gasteiger partial charge is 0.304 e. The Labute approximate surface area is 110 Å². The normalized spacial score (nSPS) is 21.9. The molecule has 1 fully saturated rings. The van der Waals surface area contributed by atoms with Gasteiger partial charge in [-0.05, 0) is 32.8 Å². The van der Waals surface area contributed by atoms with Crippen molar-refractivity contribution in [2.24, 2.45) is 0 Å². The Morgan fingerprint density at radius 3 is 2.84 bits per heavy atom. The monoisotopic (exact) mass is 268 g/mol. The number of nitro benzene ring substituents is 1. The molecule has 1 heterocycles. The summed E-state index contributed by atoms with van der Waals surface area (Å²) >= 11 is 0. The summed E-state index contributed by atoms with van der Waals surface area (Å²) in [6, 6.07) is 4.07. The van der Waals surface area contributed by atoms with E-state index in [-0.39, 0.29) is 11.6 Å². The molecule has 5 nitrogen and oxygen atoms in total. The van der Waals surface area contributed by atoms with Crippen molar-refractivity contribution < 1.29 is 14.1 Å². The lowest BCUT2D eigenvalue weighted by atomic mass is 9.94. The largest absolute Gasteiger partial charge is 0.382 e. The van der Waals surface area contributed by atoms with Crippen LogP contribution in [0.4, 0.5) is 15.8 Å². The number of nitrogens with one attached hydrogen (secondary N) is 1. The summed E-state index contributed by atoms with van der Waals surface area (Å²) in [6.07, 6.45) is 1.65. The van der Waals surface area contributed by atoms with Crippen LogP contribution in [-0.2, 0) is 4.74 Å². The van der Waals surface area contributed by atoms with E-state index in [0.29, 0.717) is 12.3 Å².